The fraction of sp³-hybridized carbons (Fsp3) is 0.211. The van der Waals surface area contributed by atoms with E-state index in [0.717, 1.165) is 10.4 Å². The van der Waals surface area contributed by atoms with Crippen molar-refractivity contribution in [2.75, 3.05) is 6.61 Å². The normalized spacial score (nSPS) is 11.8. The Morgan fingerprint density at radius 2 is 1.96 bits per heavy atom. The molecule has 0 bridgehead atoms. The van der Waals surface area contributed by atoms with Crippen LogP contribution >= 0.6 is 34.5 Å². The molecular formula is C19H16Cl2N2O3S. The molecule has 2 heterocycles. The van der Waals surface area contributed by atoms with E-state index in [4.69, 9.17) is 27.9 Å². The van der Waals surface area contributed by atoms with Crippen LogP contribution in [0.5, 0.6) is 0 Å². The summed E-state index contributed by atoms with van der Waals surface area (Å²) in [5.41, 5.74) is 1.10. The van der Waals surface area contributed by atoms with Crippen LogP contribution in [0.15, 0.2) is 23.0 Å². The fourth-order valence-corrected chi connectivity index (χ4v) is 4.14. The zero-order chi connectivity index (χ0) is 19.7. The quantitative estimate of drug-likeness (QED) is 0.473. The maximum Gasteiger partial charge on any atom is 0.341 e. The van der Waals surface area contributed by atoms with Crippen molar-refractivity contribution >= 4 is 62.4 Å². The number of hydrogen-bond donors (Lipinski definition) is 1. The maximum atomic E-state index is 12.6. The standard InChI is InChI=1S/C19H16Cl2N2O3S/c1-4-26-19(25)12(8-11-13(20)6-5-7-14(11)21)16-22-17(24)15-9(2)10(3)27-18(15)23-16/h5-8H,4H2,1-3H3,(H,22,23,24). The summed E-state index contributed by atoms with van der Waals surface area (Å²) >= 11 is 13.8. The molecule has 140 valence electrons. The van der Waals surface area contributed by atoms with E-state index < -0.39 is 5.97 Å². The second-order valence-corrected chi connectivity index (χ2v) is 7.81. The zero-order valence-electron chi connectivity index (χ0n) is 14.9. The minimum atomic E-state index is -0.624. The molecule has 0 unspecified atom stereocenters. The number of hydrogen-bond acceptors (Lipinski definition) is 5. The maximum absolute atomic E-state index is 12.6. The van der Waals surface area contributed by atoms with Crippen molar-refractivity contribution in [2.24, 2.45) is 0 Å². The minimum absolute atomic E-state index is 0.0783. The minimum Gasteiger partial charge on any atom is -0.462 e. The van der Waals surface area contributed by atoms with Gasteiger partial charge in [0, 0.05) is 20.5 Å². The van der Waals surface area contributed by atoms with Crippen LogP contribution in [0.3, 0.4) is 0 Å². The Bertz CT molecular complexity index is 1110. The molecule has 5 nitrogen and oxygen atoms in total. The number of benzene rings is 1. The Morgan fingerprint density at radius 1 is 1.30 bits per heavy atom. The average Bonchev–Trinajstić information content (AvgIpc) is 2.89. The molecule has 0 fully saturated rings. The lowest BCUT2D eigenvalue weighted by Gasteiger charge is -2.08. The molecule has 0 aliphatic carbocycles. The summed E-state index contributed by atoms with van der Waals surface area (Å²) in [7, 11) is 0. The summed E-state index contributed by atoms with van der Waals surface area (Å²) < 4.78 is 5.14. The lowest BCUT2D eigenvalue weighted by atomic mass is 10.1. The van der Waals surface area contributed by atoms with E-state index in [9.17, 15) is 9.59 Å². The van der Waals surface area contributed by atoms with Gasteiger partial charge in [-0.3, -0.25) is 4.79 Å². The van der Waals surface area contributed by atoms with Gasteiger partial charge in [-0.15, -0.1) is 11.3 Å². The monoisotopic (exact) mass is 422 g/mol. The van der Waals surface area contributed by atoms with Gasteiger partial charge in [-0.1, -0.05) is 29.3 Å². The molecule has 0 amide bonds. The molecule has 1 aromatic carbocycles. The van der Waals surface area contributed by atoms with Gasteiger partial charge < -0.3 is 9.72 Å². The third kappa shape index (κ3) is 3.78. The van der Waals surface area contributed by atoms with Crippen molar-refractivity contribution in [3.05, 3.63) is 60.4 Å². The highest BCUT2D eigenvalue weighted by atomic mass is 35.5. The predicted octanol–water partition coefficient (Wildman–Crippen LogP) is 5.01. The largest absolute Gasteiger partial charge is 0.462 e. The lowest BCUT2D eigenvalue weighted by Crippen LogP contribution is -2.15. The van der Waals surface area contributed by atoms with E-state index in [1.807, 2.05) is 13.8 Å². The Hall–Kier alpha value is -2.15. The highest BCUT2D eigenvalue weighted by Gasteiger charge is 2.20. The number of aryl methyl sites for hydroxylation is 2. The van der Waals surface area contributed by atoms with Crippen LogP contribution in [0.1, 0.15) is 28.8 Å². The molecular weight excluding hydrogens is 407 g/mol. The molecule has 27 heavy (non-hydrogen) atoms. The van der Waals surface area contributed by atoms with Gasteiger partial charge in [0.15, 0.2) is 0 Å². The Labute approximate surface area is 169 Å². The third-order valence-corrected chi connectivity index (χ3v) is 5.84. The number of halogens is 2. The number of nitrogens with zero attached hydrogens (tertiary/aromatic N) is 1. The number of fused-ring (bicyclic) bond motifs is 1. The lowest BCUT2D eigenvalue weighted by molar-refractivity contribution is -0.136. The van der Waals surface area contributed by atoms with Crippen molar-refractivity contribution in [1.82, 2.24) is 9.97 Å². The molecule has 0 atom stereocenters. The first-order valence-corrected chi connectivity index (χ1v) is 9.74. The summed E-state index contributed by atoms with van der Waals surface area (Å²) in [4.78, 5) is 33.9. The van der Waals surface area contributed by atoms with Crippen LogP contribution in [0.4, 0.5) is 0 Å². The van der Waals surface area contributed by atoms with E-state index >= 15 is 0 Å². The third-order valence-electron chi connectivity index (χ3n) is 4.08. The Morgan fingerprint density at radius 3 is 2.59 bits per heavy atom. The first-order valence-electron chi connectivity index (χ1n) is 8.16. The second kappa shape index (κ2) is 7.84. The van der Waals surface area contributed by atoms with Crippen LogP contribution in [0.2, 0.25) is 10.0 Å². The zero-order valence-corrected chi connectivity index (χ0v) is 17.2. The van der Waals surface area contributed by atoms with Crippen LogP contribution in [-0.2, 0) is 9.53 Å². The number of nitrogens with one attached hydrogen (secondary N) is 1. The Balaban J connectivity index is 2.26. The smallest absolute Gasteiger partial charge is 0.341 e. The summed E-state index contributed by atoms with van der Waals surface area (Å²) in [5.74, 6) is -0.510. The van der Waals surface area contributed by atoms with Crippen LogP contribution < -0.4 is 5.56 Å². The van der Waals surface area contributed by atoms with Gasteiger partial charge in [-0.2, -0.15) is 0 Å². The molecule has 0 radical (unpaired) electrons. The number of carbonyl (C=O) groups excluding carboxylic acids is 1. The Kier molecular flexibility index (Phi) is 5.69. The number of esters is 1. The number of aromatic amines is 1. The number of rotatable bonds is 4. The van der Waals surface area contributed by atoms with Crippen LogP contribution in [0, 0.1) is 13.8 Å². The van der Waals surface area contributed by atoms with E-state index in [-0.39, 0.29) is 23.6 Å². The van der Waals surface area contributed by atoms with Gasteiger partial charge in [0.2, 0.25) is 0 Å². The molecule has 3 rings (SSSR count). The van der Waals surface area contributed by atoms with Gasteiger partial charge >= 0.3 is 5.97 Å². The fourth-order valence-electron chi connectivity index (χ4n) is 2.61. The molecule has 3 aromatic rings. The molecule has 0 saturated carbocycles. The van der Waals surface area contributed by atoms with E-state index in [0.29, 0.717) is 25.8 Å². The van der Waals surface area contributed by atoms with Crippen molar-refractivity contribution in [1.29, 1.82) is 0 Å². The number of thiophene rings is 1. The van der Waals surface area contributed by atoms with Gasteiger partial charge in [0.05, 0.1) is 12.0 Å². The van der Waals surface area contributed by atoms with Crippen molar-refractivity contribution < 1.29 is 9.53 Å². The topological polar surface area (TPSA) is 72.0 Å². The highest BCUT2D eigenvalue weighted by Crippen LogP contribution is 2.30. The molecule has 0 saturated heterocycles. The van der Waals surface area contributed by atoms with E-state index in [1.165, 1.54) is 17.4 Å². The van der Waals surface area contributed by atoms with Gasteiger partial charge in [-0.25, -0.2) is 9.78 Å². The van der Waals surface area contributed by atoms with Gasteiger partial charge in [0.1, 0.15) is 16.2 Å². The molecule has 2 aromatic heterocycles. The van der Waals surface area contributed by atoms with Crippen molar-refractivity contribution in [2.45, 2.75) is 20.8 Å². The first kappa shape index (κ1) is 19.6. The van der Waals surface area contributed by atoms with Crippen LogP contribution in [0.25, 0.3) is 21.9 Å². The SMILES string of the molecule is CCOC(=O)C(=Cc1c(Cl)cccc1Cl)c1nc2sc(C)c(C)c2c(=O)[nH]1. The summed E-state index contributed by atoms with van der Waals surface area (Å²) in [5, 5.41) is 1.27. The van der Waals surface area contributed by atoms with Crippen molar-refractivity contribution in [3.8, 4) is 0 Å². The van der Waals surface area contributed by atoms with Gasteiger partial charge in [0.25, 0.3) is 5.56 Å². The molecule has 8 heteroatoms. The number of aromatic nitrogens is 2. The summed E-state index contributed by atoms with van der Waals surface area (Å²) in [6.45, 7) is 5.67. The van der Waals surface area contributed by atoms with Crippen LogP contribution in [-0.4, -0.2) is 22.5 Å². The first-order chi connectivity index (χ1) is 12.8. The average molecular weight is 423 g/mol. The van der Waals surface area contributed by atoms with E-state index in [1.54, 1.807) is 25.1 Å². The number of H-pyrrole nitrogens is 1. The van der Waals surface area contributed by atoms with Crippen molar-refractivity contribution in [3.63, 3.8) is 0 Å². The molecule has 0 spiro atoms. The number of carbonyl (C=O) groups is 1. The predicted molar refractivity (Wildman–Crippen MR) is 111 cm³/mol. The summed E-state index contributed by atoms with van der Waals surface area (Å²) in [6.07, 6.45) is 1.49. The molecule has 1 N–H and O–H groups in total. The summed E-state index contributed by atoms with van der Waals surface area (Å²) in [6, 6.07) is 5.02. The molecule has 0 aliphatic heterocycles. The molecule has 0 aliphatic rings. The number of ether oxygens (including phenoxy) is 1. The van der Waals surface area contributed by atoms with E-state index in [2.05, 4.69) is 9.97 Å². The highest BCUT2D eigenvalue weighted by molar-refractivity contribution is 7.18. The second-order valence-electron chi connectivity index (χ2n) is 5.79. The van der Waals surface area contributed by atoms with Gasteiger partial charge in [-0.05, 0) is 44.5 Å².